The molecule has 0 aliphatic carbocycles. The third-order valence-electron chi connectivity index (χ3n) is 2.59. The van der Waals surface area contributed by atoms with Gasteiger partial charge in [0.15, 0.2) is 0 Å². The molecule has 0 spiro atoms. The van der Waals surface area contributed by atoms with Crippen LogP contribution >= 0.6 is 22.6 Å². The lowest BCUT2D eigenvalue weighted by Gasteiger charge is -2.13. The molecule has 8 heteroatoms. The highest BCUT2D eigenvalue weighted by Gasteiger charge is 2.31. The Morgan fingerprint density at radius 1 is 1.00 bits per heavy atom. The molecular weight excluding hydrogens is 418 g/mol. The molecule has 1 N–H and O–H groups in total. The van der Waals surface area contributed by atoms with Gasteiger partial charge in [0.05, 0.1) is 16.1 Å². The van der Waals surface area contributed by atoms with Crippen molar-refractivity contribution in [1.82, 2.24) is 0 Å². The van der Waals surface area contributed by atoms with E-state index >= 15 is 0 Å². The summed E-state index contributed by atoms with van der Waals surface area (Å²) in [6.07, 6.45) is -4.53. The number of benzene rings is 2. The molecule has 0 heterocycles. The number of sulfonamides is 1. The minimum Gasteiger partial charge on any atom is -0.279 e. The second-order valence-corrected chi connectivity index (χ2v) is 6.96. The monoisotopic (exact) mass is 427 g/mol. The Bertz CT molecular complexity index is 746. The second-order valence-electron chi connectivity index (χ2n) is 4.11. The first-order chi connectivity index (χ1) is 9.70. The van der Waals surface area contributed by atoms with E-state index in [4.69, 9.17) is 0 Å². The summed E-state index contributed by atoms with van der Waals surface area (Å²) in [5, 5.41) is 0. The highest BCUT2D eigenvalue weighted by Crippen LogP contribution is 2.33. The van der Waals surface area contributed by atoms with Gasteiger partial charge in [0.25, 0.3) is 10.0 Å². The molecule has 2 aromatic carbocycles. The zero-order valence-corrected chi connectivity index (χ0v) is 13.3. The Morgan fingerprint density at radius 2 is 1.62 bits per heavy atom. The van der Waals surface area contributed by atoms with Gasteiger partial charge >= 0.3 is 6.18 Å². The lowest BCUT2D eigenvalue weighted by molar-refractivity contribution is -0.137. The zero-order chi connectivity index (χ0) is 15.7. The van der Waals surface area contributed by atoms with Crippen LogP contribution in [0.25, 0.3) is 0 Å². The van der Waals surface area contributed by atoms with Crippen molar-refractivity contribution in [2.24, 2.45) is 0 Å². The number of anilines is 1. The largest absolute Gasteiger partial charge is 0.416 e. The van der Waals surface area contributed by atoms with Crippen molar-refractivity contribution >= 4 is 38.3 Å². The van der Waals surface area contributed by atoms with Crippen molar-refractivity contribution in [2.45, 2.75) is 11.1 Å². The highest BCUT2D eigenvalue weighted by atomic mass is 127. The molecular formula is C13H9F3INO2S. The van der Waals surface area contributed by atoms with Gasteiger partial charge in [0.1, 0.15) is 0 Å². The summed E-state index contributed by atoms with van der Waals surface area (Å²) in [7, 11) is -3.92. The molecule has 0 aliphatic heterocycles. The maximum absolute atomic E-state index is 12.7. The van der Waals surface area contributed by atoms with Gasteiger partial charge in [-0.1, -0.05) is 18.2 Å². The van der Waals surface area contributed by atoms with Crippen molar-refractivity contribution in [3.8, 4) is 0 Å². The van der Waals surface area contributed by atoms with Gasteiger partial charge in [0.2, 0.25) is 0 Å². The number of hydrogen-bond donors (Lipinski definition) is 1. The van der Waals surface area contributed by atoms with Gasteiger partial charge in [0, 0.05) is 3.57 Å². The molecule has 0 unspecified atom stereocenters. The van der Waals surface area contributed by atoms with E-state index in [1.807, 2.05) is 0 Å². The standard InChI is InChI=1S/C13H9F3INO2S/c14-13(15,16)9-6-7-11(17)12(8-9)18-21(19,20)10-4-2-1-3-5-10/h1-8,18H. The van der Waals surface area contributed by atoms with E-state index in [0.717, 1.165) is 12.1 Å². The van der Waals surface area contributed by atoms with Crippen molar-refractivity contribution in [1.29, 1.82) is 0 Å². The van der Waals surface area contributed by atoms with Crippen LogP contribution < -0.4 is 4.72 Å². The Hall–Kier alpha value is -1.29. The number of alkyl halides is 3. The summed E-state index contributed by atoms with van der Waals surface area (Å²) >= 11 is 1.77. The molecule has 0 aromatic heterocycles. The average molecular weight is 427 g/mol. The van der Waals surface area contributed by atoms with E-state index < -0.39 is 21.8 Å². The number of halogens is 4. The smallest absolute Gasteiger partial charge is 0.279 e. The van der Waals surface area contributed by atoms with Crippen molar-refractivity contribution in [3.05, 3.63) is 57.7 Å². The molecule has 2 rings (SSSR count). The Morgan fingerprint density at radius 3 is 2.19 bits per heavy atom. The maximum atomic E-state index is 12.7. The van der Waals surface area contributed by atoms with Crippen molar-refractivity contribution in [3.63, 3.8) is 0 Å². The summed E-state index contributed by atoms with van der Waals surface area (Å²) < 4.78 is 64.8. The number of hydrogen-bond acceptors (Lipinski definition) is 2. The van der Waals surface area contributed by atoms with Gasteiger partial charge < -0.3 is 0 Å². The lowest BCUT2D eigenvalue weighted by atomic mass is 10.2. The van der Waals surface area contributed by atoms with Crippen LogP contribution in [-0.2, 0) is 16.2 Å². The molecule has 0 amide bonds. The third kappa shape index (κ3) is 3.88. The molecule has 112 valence electrons. The molecule has 0 saturated heterocycles. The molecule has 2 aromatic rings. The molecule has 0 atom stereocenters. The summed E-state index contributed by atoms with van der Waals surface area (Å²) in [4.78, 5) is -0.0155. The van der Waals surface area contributed by atoms with Gasteiger partial charge in [-0.2, -0.15) is 13.2 Å². The fourth-order valence-electron chi connectivity index (χ4n) is 1.58. The number of rotatable bonds is 3. The van der Waals surface area contributed by atoms with Crippen LogP contribution in [0.4, 0.5) is 18.9 Å². The van der Waals surface area contributed by atoms with E-state index in [2.05, 4.69) is 4.72 Å². The van der Waals surface area contributed by atoms with E-state index in [1.54, 1.807) is 28.7 Å². The minimum absolute atomic E-state index is 0.0155. The lowest BCUT2D eigenvalue weighted by Crippen LogP contribution is -2.15. The SMILES string of the molecule is O=S(=O)(Nc1cc(C(F)(F)F)ccc1I)c1ccccc1. The maximum Gasteiger partial charge on any atom is 0.416 e. The Labute approximate surface area is 133 Å². The van der Waals surface area contributed by atoms with Crippen LogP contribution in [0.1, 0.15) is 5.56 Å². The van der Waals surface area contributed by atoms with Crippen LogP contribution in [0, 0.1) is 3.57 Å². The van der Waals surface area contributed by atoms with Crippen molar-refractivity contribution < 1.29 is 21.6 Å². The van der Waals surface area contributed by atoms with E-state index in [0.29, 0.717) is 3.57 Å². The molecule has 0 radical (unpaired) electrons. The summed E-state index contributed by atoms with van der Waals surface area (Å²) in [5.41, 5.74) is -1.01. The van der Waals surface area contributed by atoms with Crippen LogP contribution in [0.2, 0.25) is 0 Å². The second kappa shape index (κ2) is 5.84. The predicted octanol–water partition coefficient (Wildman–Crippen LogP) is 4.11. The topological polar surface area (TPSA) is 46.2 Å². The molecule has 0 bridgehead atoms. The average Bonchev–Trinajstić information content (AvgIpc) is 2.41. The van der Waals surface area contributed by atoms with Gasteiger partial charge in [-0.05, 0) is 52.9 Å². The van der Waals surface area contributed by atoms with Crippen LogP contribution in [0.5, 0.6) is 0 Å². The summed E-state index contributed by atoms with van der Waals surface area (Å²) in [6, 6.07) is 10.3. The Balaban J connectivity index is 2.40. The summed E-state index contributed by atoms with van der Waals surface area (Å²) in [5.74, 6) is 0. The molecule has 3 nitrogen and oxygen atoms in total. The predicted molar refractivity (Wildman–Crippen MR) is 81.4 cm³/mol. The van der Waals surface area contributed by atoms with Crippen LogP contribution in [0.15, 0.2) is 53.4 Å². The first kappa shape index (κ1) is 16.1. The quantitative estimate of drug-likeness (QED) is 0.750. The highest BCUT2D eigenvalue weighted by molar-refractivity contribution is 14.1. The minimum atomic E-state index is -4.53. The zero-order valence-electron chi connectivity index (χ0n) is 10.4. The van der Waals surface area contributed by atoms with E-state index in [-0.39, 0.29) is 10.6 Å². The third-order valence-corrected chi connectivity index (χ3v) is 4.91. The fourth-order valence-corrected chi connectivity index (χ4v) is 3.33. The Kier molecular flexibility index (Phi) is 4.47. The van der Waals surface area contributed by atoms with Gasteiger partial charge in [-0.25, -0.2) is 8.42 Å². The van der Waals surface area contributed by atoms with E-state index in [9.17, 15) is 21.6 Å². The molecule has 0 fully saturated rings. The first-order valence-corrected chi connectivity index (χ1v) is 8.21. The van der Waals surface area contributed by atoms with Crippen molar-refractivity contribution in [2.75, 3.05) is 4.72 Å². The number of nitrogens with one attached hydrogen (secondary N) is 1. The van der Waals surface area contributed by atoms with Crippen LogP contribution in [0.3, 0.4) is 0 Å². The van der Waals surface area contributed by atoms with E-state index in [1.165, 1.54) is 30.3 Å². The summed E-state index contributed by atoms with van der Waals surface area (Å²) in [6.45, 7) is 0. The molecule has 0 saturated carbocycles. The normalized spacial score (nSPS) is 12.2. The van der Waals surface area contributed by atoms with Gasteiger partial charge in [-0.3, -0.25) is 4.72 Å². The molecule has 21 heavy (non-hydrogen) atoms. The van der Waals surface area contributed by atoms with Crippen LogP contribution in [-0.4, -0.2) is 8.42 Å². The fraction of sp³-hybridized carbons (Fsp3) is 0.0769. The molecule has 0 aliphatic rings. The first-order valence-electron chi connectivity index (χ1n) is 5.65. The van der Waals surface area contributed by atoms with Gasteiger partial charge in [-0.15, -0.1) is 0 Å².